The summed E-state index contributed by atoms with van der Waals surface area (Å²) >= 11 is 27.6. The molecule has 0 atom stereocenters. The SMILES string of the molecule is O=[N+]([O-])c1cc(I)c(O)c(I)c1.Oc1c(I)cc(Br)cc1I.Oc1c(I)cc(C(F)(F)F)cc1I.Oc1c(I)cc(Cl)cc1I.Oc1c(I)ccc(C(F)(F)F)c1I. The van der Waals surface area contributed by atoms with E-state index in [0.717, 1.165) is 37.0 Å². The molecule has 5 aromatic carbocycles. The molecule has 58 heavy (non-hydrogen) atoms. The van der Waals surface area contributed by atoms with Crippen molar-refractivity contribution in [3.63, 3.8) is 0 Å². The van der Waals surface area contributed by atoms with Crippen LogP contribution in [0.2, 0.25) is 5.02 Å². The van der Waals surface area contributed by atoms with E-state index in [-0.39, 0.29) is 33.6 Å². The van der Waals surface area contributed by atoms with Gasteiger partial charge in [-0.25, -0.2) is 0 Å². The molecule has 0 aromatic heterocycles. The number of non-ortho nitro benzene ring substituents is 1. The van der Waals surface area contributed by atoms with Crippen LogP contribution in [0.4, 0.5) is 32.0 Å². The lowest BCUT2D eigenvalue weighted by atomic mass is 10.2. The van der Waals surface area contributed by atoms with Gasteiger partial charge in [-0.3, -0.25) is 10.1 Å². The maximum absolute atomic E-state index is 12.2. The van der Waals surface area contributed by atoms with Gasteiger partial charge in [0, 0.05) is 21.6 Å². The van der Waals surface area contributed by atoms with Crippen molar-refractivity contribution in [1.29, 1.82) is 0 Å². The summed E-state index contributed by atoms with van der Waals surface area (Å²) in [4.78, 5) is 9.85. The normalized spacial score (nSPS) is 10.7. The number of aromatic hydroxyl groups is 5. The van der Waals surface area contributed by atoms with Crippen LogP contribution in [0.1, 0.15) is 11.1 Å². The molecule has 0 saturated heterocycles. The number of hydrogen-bond donors (Lipinski definition) is 5. The van der Waals surface area contributed by atoms with Crippen molar-refractivity contribution in [2.24, 2.45) is 0 Å². The highest BCUT2D eigenvalue weighted by atomic mass is 127. The molecule has 5 aromatic rings. The molecule has 26 heteroatoms. The molecule has 0 saturated carbocycles. The van der Waals surface area contributed by atoms with Crippen molar-refractivity contribution in [2.75, 3.05) is 0 Å². The van der Waals surface area contributed by atoms with Crippen molar-refractivity contribution >= 4 is 259 Å². The van der Waals surface area contributed by atoms with E-state index in [4.69, 9.17) is 11.6 Å². The van der Waals surface area contributed by atoms with Gasteiger partial charge in [-0.2, -0.15) is 26.3 Å². The first-order valence-corrected chi connectivity index (χ1v) is 25.8. The zero-order valence-corrected chi connectivity index (χ0v) is 51.0. The van der Waals surface area contributed by atoms with Crippen LogP contribution in [0.3, 0.4) is 0 Å². The molecule has 0 amide bonds. The molecular weight excluding hydrogens is 2010 g/mol. The highest BCUT2D eigenvalue weighted by Crippen LogP contribution is 2.39. The van der Waals surface area contributed by atoms with Crippen LogP contribution in [0.15, 0.2) is 65.1 Å². The van der Waals surface area contributed by atoms with E-state index in [1.807, 2.05) is 102 Å². The Morgan fingerprint density at radius 2 is 0.845 bits per heavy atom. The number of hydrogen-bond acceptors (Lipinski definition) is 7. The first-order chi connectivity index (χ1) is 26.4. The van der Waals surface area contributed by atoms with Crippen LogP contribution in [-0.2, 0) is 12.4 Å². The quantitative estimate of drug-likeness (QED) is 0.0486. The summed E-state index contributed by atoms with van der Waals surface area (Å²) in [5.41, 5.74) is -1.54. The number of rotatable bonds is 1. The Morgan fingerprint density at radius 3 is 1.17 bits per heavy atom. The summed E-state index contributed by atoms with van der Waals surface area (Å²) in [7, 11) is 0. The van der Waals surface area contributed by atoms with Crippen LogP contribution in [-0.4, -0.2) is 30.5 Å². The fraction of sp³-hybridized carbons (Fsp3) is 0.0625. The number of halogens is 18. The average Bonchev–Trinajstić information content (AvgIpc) is 3.09. The molecule has 0 spiro atoms. The number of alkyl halides is 6. The van der Waals surface area contributed by atoms with Crippen molar-refractivity contribution < 1.29 is 56.8 Å². The third-order valence-electron chi connectivity index (χ3n) is 5.89. The lowest BCUT2D eigenvalue weighted by Crippen LogP contribution is -2.07. The van der Waals surface area contributed by atoms with E-state index in [2.05, 4.69) is 61.1 Å². The Labute approximate surface area is 475 Å². The Balaban J connectivity index is 0.000000364. The van der Waals surface area contributed by atoms with Crippen LogP contribution in [0.25, 0.3) is 0 Å². The van der Waals surface area contributed by atoms with E-state index >= 15 is 0 Å². The summed E-state index contributed by atoms with van der Waals surface area (Å²) in [6.07, 6.45) is -8.76. The minimum Gasteiger partial charge on any atom is -0.506 e. The van der Waals surface area contributed by atoms with Gasteiger partial charge in [-0.1, -0.05) is 27.5 Å². The number of benzene rings is 5. The van der Waals surface area contributed by atoms with Crippen molar-refractivity contribution in [1.82, 2.24) is 0 Å². The molecule has 0 aliphatic carbocycles. The molecule has 316 valence electrons. The lowest BCUT2D eigenvalue weighted by Gasteiger charge is -2.10. The van der Waals surface area contributed by atoms with Gasteiger partial charge in [-0.15, -0.1) is 0 Å². The lowest BCUT2D eigenvalue weighted by molar-refractivity contribution is -0.385. The fourth-order valence-electron chi connectivity index (χ4n) is 3.22. The third-order valence-corrected chi connectivity index (χ3v) is 15.1. The van der Waals surface area contributed by atoms with E-state index in [1.165, 1.54) is 40.8 Å². The Kier molecular flexibility index (Phi) is 26.4. The van der Waals surface area contributed by atoms with E-state index < -0.39 is 28.4 Å². The molecule has 0 fully saturated rings. The second-order valence-electron chi connectivity index (χ2n) is 9.99. The maximum Gasteiger partial charge on any atom is 0.417 e. The van der Waals surface area contributed by atoms with Gasteiger partial charge in [0.15, 0.2) is 0 Å². The van der Waals surface area contributed by atoms with Gasteiger partial charge in [-0.05, 0) is 274 Å². The van der Waals surface area contributed by atoms with Crippen LogP contribution in [0.5, 0.6) is 28.7 Å². The van der Waals surface area contributed by atoms with Crippen molar-refractivity contribution in [3.8, 4) is 28.7 Å². The first kappa shape index (κ1) is 58.2. The smallest absolute Gasteiger partial charge is 0.417 e. The van der Waals surface area contributed by atoms with Gasteiger partial charge in [0.1, 0.15) is 28.7 Å². The second kappa shape index (κ2) is 26.3. The molecule has 5 rings (SSSR count). The first-order valence-electron chi connectivity index (χ1n) is 13.9. The Hall–Kier alpha value is 2.15. The molecule has 8 nitrogen and oxygen atoms in total. The highest BCUT2D eigenvalue weighted by molar-refractivity contribution is 14.1. The highest BCUT2D eigenvalue weighted by Gasteiger charge is 2.34. The largest absolute Gasteiger partial charge is 0.506 e. The number of nitro groups is 1. The molecule has 0 unspecified atom stereocenters. The van der Waals surface area contributed by atoms with Crippen LogP contribution in [0, 0.1) is 45.8 Å². The molecule has 0 aliphatic heterocycles. The van der Waals surface area contributed by atoms with Gasteiger partial charge in [0.2, 0.25) is 0 Å². The summed E-state index contributed by atoms with van der Waals surface area (Å²) in [6.45, 7) is 0. The summed E-state index contributed by atoms with van der Waals surface area (Å²) in [5.74, 6) is 0.363. The standard InChI is InChI=1S/2C7H3F3I2O.C6H3BrI2O.C6H3ClI2O.C6H3I2NO3/c8-7(9,10)3-1-4(11)6(13)5(12)2-3;8-7(9,10)3-1-2-4(11)6(13)5(3)12;2*7-3-1-4(8)6(10)5(9)2-3;7-4-1-3(9(11)12)2-5(8)6(4)10/h2*1-2,13H;2*1-2,10H;1-2,10H. The minimum atomic E-state index is -4.40. The number of nitro benzene ring substituents is 1. The van der Waals surface area contributed by atoms with Crippen LogP contribution < -0.4 is 0 Å². The molecule has 0 radical (unpaired) electrons. The zero-order valence-electron chi connectivity index (χ0n) is 27.1. The Bertz CT molecular complexity index is 2130. The van der Waals surface area contributed by atoms with E-state index in [1.54, 1.807) is 79.9 Å². The monoisotopic (exact) mass is 2020 g/mol. The maximum atomic E-state index is 12.2. The summed E-state index contributed by atoms with van der Waals surface area (Å²) < 4.78 is 79.3. The molecule has 0 bridgehead atoms. The minimum absolute atomic E-state index is 0.00148. The number of phenolic OH excluding ortho intramolecular Hbond substituents is 5. The third kappa shape index (κ3) is 19.3. The van der Waals surface area contributed by atoms with Gasteiger partial charge < -0.3 is 25.5 Å². The summed E-state index contributed by atoms with van der Waals surface area (Å²) in [5, 5.41) is 57.3. The van der Waals surface area contributed by atoms with Crippen molar-refractivity contribution in [2.45, 2.75) is 12.4 Å². The molecular formula is C32H15BrClF6I10NO7. The number of nitrogens with zero attached hydrogens (tertiary/aromatic N) is 1. The van der Waals surface area contributed by atoms with Gasteiger partial charge in [0.25, 0.3) is 5.69 Å². The van der Waals surface area contributed by atoms with E-state index in [0.29, 0.717) is 27.2 Å². The second-order valence-corrected chi connectivity index (χ2v) is 22.9. The Morgan fingerprint density at radius 1 is 0.517 bits per heavy atom. The van der Waals surface area contributed by atoms with Crippen molar-refractivity contribution in [3.05, 3.63) is 127 Å². The van der Waals surface area contributed by atoms with Crippen LogP contribution >= 0.6 is 253 Å². The predicted octanol–water partition coefficient (Wildman–Crippen LogP) is 16.4. The molecule has 5 N–H and O–H groups in total. The summed E-state index contributed by atoms with van der Waals surface area (Å²) in [6, 6.07) is 13.9. The topological polar surface area (TPSA) is 144 Å². The predicted molar refractivity (Wildman–Crippen MR) is 297 cm³/mol. The van der Waals surface area contributed by atoms with Gasteiger partial charge in [0.05, 0.1) is 51.8 Å². The molecule has 0 heterocycles. The van der Waals surface area contributed by atoms with E-state index in [9.17, 15) is 62.0 Å². The zero-order chi connectivity index (χ0) is 45.2. The van der Waals surface area contributed by atoms with Gasteiger partial charge >= 0.3 is 12.4 Å². The average molecular weight is 2020 g/mol. The molecule has 0 aliphatic rings. The number of phenols is 5. The fourth-order valence-corrected chi connectivity index (χ4v) is 13.9.